The van der Waals surface area contributed by atoms with Crippen molar-refractivity contribution in [3.8, 4) is 21.6 Å². The fourth-order valence-electron chi connectivity index (χ4n) is 3.99. The first-order valence-corrected chi connectivity index (χ1v) is 9.82. The van der Waals surface area contributed by atoms with Crippen molar-refractivity contribution >= 4 is 28.9 Å². The van der Waals surface area contributed by atoms with Crippen molar-refractivity contribution in [1.82, 2.24) is 4.57 Å². The van der Waals surface area contributed by atoms with Crippen LogP contribution in [0.25, 0.3) is 21.6 Å². The number of benzene rings is 1. The first kappa shape index (κ1) is 17.4. The van der Waals surface area contributed by atoms with Gasteiger partial charge in [-0.15, -0.1) is 11.3 Å². The van der Waals surface area contributed by atoms with Gasteiger partial charge in [-0.3, -0.25) is 4.79 Å². The number of nitrogens with zero attached hydrogens (tertiary/aromatic N) is 1. The summed E-state index contributed by atoms with van der Waals surface area (Å²) in [5, 5.41) is 9.55. The van der Waals surface area contributed by atoms with Gasteiger partial charge in [-0.05, 0) is 29.5 Å². The molecule has 0 spiro atoms. The van der Waals surface area contributed by atoms with E-state index in [1.807, 2.05) is 30.3 Å². The molecule has 0 radical (unpaired) electrons. The fraction of sp³-hybridized carbons (Fsp3) is 0.286. The molecule has 1 aliphatic rings. The van der Waals surface area contributed by atoms with Crippen molar-refractivity contribution in [1.29, 1.82) is 0 Å². The number of thiophene rings is 1. The first-order chi connectivity index (χ1) is 12.4. The Kier molecular flexibility index (Phi) is 4.20. The Morgan fingerprint density at radius 2 is 1.92 bits per heavy atom. The topological polar surface area (TPSA) is 42.2 Å². The van der Waals surface area contributed by atoms with Crippen LogP contribution in [0.15, 0.2) is 42.5 Å². The Hall–Kier alpha value is -2.04. The maximum atomic E-state index is 11.6. The minimum absolute atomic E-state index is 0.0146. The molecule has 0 saturated carbocycles. The van der Waals surface area contributed by atoms with E-state index in [9.17, 15) is 9.90 Å². The fourth-order valence-corrected chi connectivity index (χ4v) is 5.11. The summed E-state index contributed by atoms with van der Waals surface area (Å²) in [6.45, 7) is 5.31. The van der Waals surface area contributed by atoms with Gasteiger partial charge in [0.05, 0.1) is 10.8 Å². The number of rotatable bonds is 4. The van der Waals surface area contributed by atoms with Gasteiger partial charge in [0.15, 0.2) is 0 Å². The normalized spacial score (nSPS) is 15.2. The third-order valence-electron chi connectivity index (χ3n) is 4.91. The molecule has 0 saturated heterocycles. The molecule has 3 heterocycles. The quantitative estimate of drug-likeness (QED) is 0.621. The monoisotopic (exact) mass is 385 g/mol. The van der Waals surface area contributed by atoms with E-state index in [0.29, 0.717) is 4.34 Å². The summed E-state index contributed by atoms with van der Waals surface area (Å²) in [6, 6.07) is 14.1. The third kappa shape index (κ3) is 2.97. The van der Waals surface area contributed by atoms with E-state index in [1.54, 1.807) is 0 Å². The van der Waals surface area contributed by atoms with Gasteiger partial charge in [0.2, 0.25) is 0 Å². The second-order valence-electron chi connectivity index (χ2n) is 7.61. The highest BCUT2D eigenvalue weighted by Gasteiger charge is 2.36. The molecule has 26 heavy (non-hydrogen) atoms. The predicted octanol–water partition coefficient (Wildman–Crippen LogP) is 5.75. The van der Waals surface area contributed by atoms with E-state index in [0.717, 1.165) is 40.2 Å². The lowest BCUT2D eigenvalue weighted by Gasteiger charge is -2.18. The Balaban J connectivity index is 2.04. The van der Waals surface area contributed by atoms with Crippen molar-refractivity contribution in [2.75, 3.05) is 0 Å². The number of halogens is 1. The molecule has 1 aliphatic heterocycles. The summed E-state index contributed by atoms with van der Waals surface area (Å²) in [4.78, 5) is 12.7. The molecule has 0 amide bonds. The van der Waals surface area contributed by atoms with E-state index in [4.69, 9.17) is 11.6 Å². The maximum absolute atomic E-state index is 11.6. The molecule has 0 aliphatic carbocycles. The van der Waals surface area contributed by atoms with E-state index in [-0.39, 0.29) is 11.8 Å². The Morgan fingerprint density at radius 3 is 2.54 bits per heavy atom. The van der Waals surface area contributed by atoms with E-state index in [1.165, 1.54) is 17.0 Å². The second-order valence-corrected chi connectivity index (χ2v) is 9.33. The number of aliphatic carboxylic acids is 1. The van der Waals surface area contributed by atoms with Gasteiger partial charge in [0.25, 0.3) is 0 Å². The molecular formula is C21H20ClNO2S. The average Bonchev–Trinajstić information content (AvgIpc) is 3.20. The van der Waals surface area contributed by atoms with Crippen molar-refractivity contribution < 1.29 is 9.90 Å². The number of hydrogen-bond acceptors (Lipinski definition) is 2. The van der Waals surface area contributed by atoms with Crippen molar-refractivity contribution in [3.63, 3.8) is 0 Å². The summed E-state index contributed by atoms with van der Waals surface area (Å²) in [7, 11) is 0. The lowest BCUT2D eigenvalue weighted by atomic mass is 9.87. The largest absolute Gasteiger partial charge is 0.481 e. The molecule has 0 fully saturated rings. The minimum atomic E-state index is -0.807. The van der Waals surface area contributed by atoms with E-state index >= 15 is 0 Å². The van der Waals surface area contributed by atoms with Crippen LogP contribution >= 0.6 is 22.9 Å². The van der Waals surface area contributed by atoms with E-state index < -0.39 is 5.97 Å². The van der Waals surface area contributed by atoms with Gasteiger partial charge >= 0.3 is 5.97 Å². The van der Waals surface area contributed by atoms with Crippen LogP contribution < -0.4 is 0 Å². The number of carbonyl (C=O) groups is 1. The standard InChI is InChI=1S/C21H20ClNO2S/c1-21(2)11-15-19(13-6-4-3-5-7-13)20(16-8-9-17(22)26-16)14(10-18(24)25)23(15)12-21/h3-9H,10-12H2,1-2H3,(H,24,25). The Morgan fingerprint density at radius 1 is 1.19 bits per heavy atom. The van der Waals surface area contributed by atoms with Crippen LogP contribution in [0.2, 0.25) is 4.34 Å². The molecule has 0 bridgehead atoms. The zero-order chi connectivity index (χ0) is 18.5. The average molecular weight is 386 g/mol. The molecule has 4 rings (SSSR count). The van der Waals surface area contributed by atoms with Gasteiger partial charge in [0, 0.05) is 33.9 Å². The lowest BCUT2D eigenvalue weighted by molar-refractivity contribution is -0.136. The molecule has 3 aromatic rings. The van der Waals surface area contributed by atoms with Gasteiger partial charge in [0.1, 0.15) is 0 Å². The van der Waals surface area contributed by atoms with Crippen molar-refractivity contribution in [3.05, 3.63) is 58.2 Å². The summed E-state index contributed by atoms with van der Waals surface area (Å²) in [5.41, 5.74) is 5.56. The molecule has 1 N–H and O–H groups in total. The highest BCUT2D eigenvalue weighted by molar-refractivity contribution is 7.19. The summed E-state index contributed by atoms with van der Waals surface area (Å²) in [6.07, 6.45) is 0.948. The van der Waals surface area contributed by atoms with Crippen molar-refractivity contribution in [2.45, 2.75) is 33.2 Å². The molecular weight excluding hydrogens is 366 g/mol. The zero-order valence-corrected chi connectivity index (χ0v) is 16.3. The highest BCUT2D eigenvalue weighted by Crippen LogP contribution is 2.48. The molecule has 0 atom stereocenters. The number of aromatic nitrogens is 1. The summed E-state index contributed by atoms with van der Waals surface area (Å²) >= 11 is 7.71. The number of carboxylic acids is 1. The van der Waals surface area contributed by atoms with Gasteiger partial charge in [-0.1, -0.05) is 55.8 Å². The first-order valence-electron chi connectivity index (χ1n) is 8.63. The maximum Gasteiger partial charge on any atom is 0.309 e. The van der Waals surface area contributed by atoms with Crippen LogP contribution in [0.4, 0.5) is 0 Å². The lowest BCUT2D eigenvalue weighted by Crippen LogP contribution is -2.15. The van der Waals surface area contributed by atoms with Gasteiger partial charge < -0.3 is 9.67 Å². The smallest absolute Gasteiger partial charge is 0.309 e. The number of carboxylic acid groups (broad SMARTS) is 1. The number of fused-ring (bicyclic) bond motifs is 1. The summed E-state index contributed by atoms with van der Waals surface area (Å²) in [5.74, 6) is -0.807. The van der Waals surface area contributed by atoms with Crippen LogP contribution in [0.1, 0.15) is 25.2 Å². The second kappa shape index (κ2) is 6.29. The van der Waals surface area contributed by atoms with Crippen LogP contribution in [-0.2, 0) is 24.2 Å². The molecule has 134 valence electrons. The van der Waals surface area contributed by atoms with Crippen molar-refractivity contribution in [2.24, 2.45) is 5.41 Å². The molecule has 3 nitrogen and oxygen atoms in total. The summed E-state index contributed by atoms with van der Waals surface area (Å²) < 4.78 is 2.95. The SMILES string of the molecule is CC1(C)Cc2c(-c3ccccc3)c(-c3ccc(Cl)s3)c(CC(=O)O)n2C1. The Labute approximate surface area is 161 Å². The minimum Gasteiger partial charge on any atom is -0.481 e. The highest BCUT2D eigenvalue weighted by atomic mass is 35.5. The van der Waals surface area contributed by atoms with Crippen LogP contribution in [0.3, 0.4) is 0 Å². The zero-order valence-electron chi connectivity index (χ0n) is 14.8. The van der Waals surface area contributed by atoms with Crippen LogP contribution in [0, 0.1) is 5.41 Å². The van der Waals surface area contributed by atoms with Gasteiger partial charge in [-0.2, -0.15) is 0 Å². The number of hydrogen-bond donors (Lipinski definition) is 1. The van der Waals surface area contributed by atoms with Crippen LogP contribution in [0.5, 0.6) is 0 Å². The van der Waals surface area contributed by atoms with E-state index in [2.05, 4.69) is 30.5 Å². The predicted molar refractivity (Wildman–Crippen MR) is 107 cm³/mol. The molecule has 0 unspecified atom stereocenters. The molecule has 5 heteroatoms. The van der Waals surface area contributed by atoms with Gasteiger partial charge in [-0.25, -0.2) is 0 Å². The third-order valence-corrected chi connectivity index (χ3v) is 6.16. The van der Waals surface area contributed by atoms with Crippen LogP contribution in [-0.4, -0.2) is 15.6 Å². The molecule has 1 aromatic carbocycles. The molecule has 2 aromatic heterocycles. The Bertz CT molecular complexity index is 985.